The van der Waals surface area contributed by atoms with E-state index in [0.717, 1.165) is 42.5 Å². The first-order valence-electron chi connectivity index (χ1n) is 10.6. The number of carbonyl (C=O) groups is 1. The largest absolute Gasteiger partial charge is 0.493 e. The van der Waals surface area contributed by atoms with Gasteiger partial charge in [-0.3, -0.25) is 4.79 Å². The zero-order valence-corrected chi connectivity index (χ0v) is 19.4. The number of nitrogens with zero attached hydrogens (tertiary/aromatic N) is 4. The van der Waals surface area contributed by atoms with Gasteiger partial charge < -0.3 is 19.3 Å². The standard InChI is InChI=1S/C25H24N4O3S/c1-28-11-13-29(14-12-28)25-27-24(30)23(33-25)10-8-18-7-9-21(22(15-18)31-2)32-17-20-6-4-3-5-19(20)16-26/h3-9,15H,11-14,17H2,1-2H3. The van der Waals surface area contributed by atoms with E-state index in [9.17, 15) is 10.1 Å². The second kappa shape index (κ2) is 10.4. The molecule has 0 aromatic heterocycles. The minimum atomic E-state index is -0.256. The van der Waals surface area contributed by atoms with E-state index in [0.29, 0.717) is 22.0 Å². The lowest BCUT2D eigenvalue weighted by Crippen LogP contribution is -2.46. The number of hydrogen-bond acceptors (Lipinski definition) is 7. The summed E-state index contributed by atoms with van der Waals surface area (Å²) < 4.78 is 11.4. The number of amides is 1. The van der Waals surface area contributed by atoms with Gasteiger partial charge in [0.1, 0.15) is 11.5 Å². The highest BCUT2D eigenvalue weighted by Crippen LogP contribution is 2.31. The van der Waals surface area contributed by atoms with Crippen LogP contribution in [0.2, 0.25) is 0 Å². The molecule has 7 nitrogen and oxygen atoms in total. The third-order valence-corrected chi connectivity index (χ3v) is 6.47. The molecule has 2 aliphatic rings. The number of benzene rings is 2. The molecule has 0 unspecified atom stereocenters. The summed E-state index contributed by atoms with van der Waals surface area (Å²) in [4.78, 5) is 21.4. The van der Waals surface area contributed by atoms with Crippen LogP contribution >= 0.6 is 11.8 Å². The number of ether oxygens (including phenoxy) is 2. The summed E-state index contributed by atoms with van der Waals surface area (Å²) in [6.45, 7) is 3.91. The molecule has 1 amide bonds. The highest BCUT2D eigenvalue weighted by Gasteiger charge is 2.27. The van der Waals surface area contributed by atoms with Crippen molar-refractivity contribution in [2.24, 2.45) is 4.99 Å². The lowest BCUT2D eigenvalue weighted by atomic mass is 10.1. The molecule has 0 N–H and O–H groups in total. The molecule has 2 aliphatic heterocycles. The molecule has 1 saturated heterocycles. The minimum Gasteiger partial charge on any atom is -0.493 e. The van der Waals surface area contributed by atoms with Gasteiger partial charge in [0.15, 0.2) is 16.7 Å². The maximum atomic E-state index is 12.3. The van der Waals surface area contributed by atoms with Gasteiger partial charge in [0, 0.05) is 31.7 Å². The van der Waals surface area contributed by atoms with Crippen LogP contribution in [0.4, 0.5) is 0 Å². The average Bonchev–Trinajstić information content (AvgIpc) is 3.22. The molecule has 2 aromatic rings. The Balaban J connectivity index is 1.45. The number of amidine groups is 1. The SMILES string of the molecule is COc1cc(C=C=C2SC(N3CCN(C)CC3)=NC2=O)ccc1OCc1ccccc1C#N. The first kappa shape index (κ1) is 22.7. The summed E-state index contributed by atoms with van der Waals surface area (Å²) in [6, 6.07) is 15.0. The van der Waals surface area contributed by atoms with Crippen LogP contribution in [0.5, 0.6) is 11.5 Å². The Labute approximate surface area is 197 Å². The van der Waals surface area contributed by atoms with Crippen LogP contribution in [0.25, 0.3) is 6.08 Å². The molecule has 33 heavy (non-hydrogen) atoms. The fraction of sp³-hybridized carbons (Fsp3) is 0.280. The van der Waals surface area contributed by atoms with Crippen LogP contribution in [0.15, 0.2) is 58.1 Å². The van der Waals surface area contributed by atoms with Gasteiger partial charge in [-0.05, 0) is 48.6 Å². The molecule has 0 atom stereocenters. The van der Waals surface area contributed by atoms with E-state index in [4.69, 9.17) is 9.47 Å². The van der Waals surface area contributed by atoms with E-state index in [1.54, 1.807) is 19.3 Å². The van der Waals surface area contributed by atoms with Crippen molar-refractivity contribution >= 4 is 28.9 Å². The highest BCUT2D eigenvalue weighted by atomic mass is 32.2. The van der Waals surface area contributed by atoms with Crippen molar-refractivity contribution in [3.8, 4) is 17.6 Å². The van der Waals surface area contributed by atoms with Crippen molar-refractivity contribution in [3.05, 3.63) is 69.8 Å². The Morgan fingerprint density at radius 3 is 2.70 bits per heavy atom. The molecular weight excluding hydrogens is 436 g/mol. The lowest BCUT2D eigenvalue weighted by Gasteiger charge is -2.32. The molecule has 1 fully saturated rings. The molecule has 4 rings (SSSR count). The lowest BCUT2D eigenvalue weighted by molar-refractivity contribution is -0.113. The van der Waals surface area contributed by atoms with Crippen LogP contribution in [0, 0.1) is 11.3 Å². The Morgan fingerprint density at radius 1 is 1.15 bits per heavy atom. The second-order valence-corrected chi connectivity index (χ2v) is 8.66. The van der Waals surface area contributed by atoms with Crippen molar-refractivity contribution in [2.45, 2.75) is 6.61 Å². The van der Waals surface area contributed by atoms with Crippen LogP contribution in [-0.4, -0.2) is 61.2 Å². The van der Waals surface area contributed by atoms with Crippen molar-refractivity contribution in [2.75, 3.05) is 40.3 Å². The molecule has 2 aromatic carbocycles. The maximum Gasteiger partial charge on any atom is 0.294 e. The number of piperazine rings is 1. The topological polar surface area (TPSA) is 78.2 Å². The molecule has 2 heterocycles. The number of carbonyl (C=O) groups excluding carboxylic acids is 1. The van der Waals surface area contributed by atoms with Gasteiger partial charge in [-0.2, -0.15) is 10.3 Å². The van der Waals surface area contributed by atoms with E-state index in [-0.39, 0.29) is 12.5 Å². The molecule has 8 heteroatoms. The number of thioether (sulfide) groups is 1. The average molecular weight is 461 g/mol. The predicted molar refractivity (Wildman–Crippen MR) is 129 cm³/mol. The summed E-state index contributed by atoms with van der Waals surface area (Å²) in [5, 5.41) is 9.99. The fourth-order valence-corrected chi connectivity index (χ4v) is 4.35. The zero-order chi connectivity index (χ0) is 23.2. The number of methoxy groups -OCH3 is 1. The van der Waals surface area contributed by atoms with Crippen molar-refractivity contribution in [1.82, 2.24) is 9.80 Å². The highest BCUT2D eigenvalue weighted by molar-refractivity contribution is 8.18. The number of rotatable bonds is 5. The first-order chi connectivity index (χ1) is 16.1. The fourth-order valence-electron chi connectivity index (χ4n) is 3.47. The summed E-state index contributed by atoms with van der Waals surface area (Å²) >= 11 is 1.37. The van der Waals surface area contributed by atoms with Crippen LogP contribution in [0.3, 0.4) is 0 Å². The molecular formula is C25H24N4O3S. The van der Waals surface area contributed by atoms with Gasteiger partial charge in [-0.25, -0.2) is 0 Å². The Morgan fingerprint density at radius 2 is 1.94 bits per heavy atom. The van der Waals surface area contributed by atoms with Crippen molar-refractivity contribution < 1.29 is 14.3 Å². The summed E-state index contributed by atoms with van der Waals surface area (Å²) in [6.07, 6.45) is 1.75. The van der Waals surface area contributed by atoms with Gasteiger partial charge in [0.05, 0.1) is 18.7 Å². The second-order valence-electron chi connectivity index (χ2n) is 7.68. The van der Waals surface area contributed by atoms with E-state index in [1.165, 1.54) is 11.8 Å². The minimum absolute atomic E-state index is 0.256. The maximum absolute atomic E-state index is 12.3. The Bertz CT molecular complexity index is 1190. The van der Waals surface area contributed by atoms with Crippen molar-refractivity contribution in [3.63, 3.8) is 0 Å². The molecule has 0 radical (unpaired) electrons. The van der Waals surface area contributed by atoms with Gasteiger partial charge in [-0.15, -0.1) is 0 Å². The summed E-state index contributed by atoms with van der Waals surface area (Å²) in [5.41, 5.74) is 5.31. The number of hydrogen-bond donors (Lipinski definition) is 0. The molecule has 0 aliphatic carbocycles. The zero-order valence-electron chi connectivity index (χ0n) is 18.6. The van der Waals surface area contributed by atoms with Crippen LogP contribution in [-0.2, 0) is 11.4 Å². The van der Waals surface area contributed by atoms with Gasteiger partial charge in [0.2, 0.25) is 0 Å². The smallest absolute Gasteiger partial charge is 0.294 e. The molecule has 0 spiro atoms. The Hall–Kier alpha value is -3.50. The van der Waals surface area contributed by atoms with Gasteiger partial charge >= 0.3 is 0 Å². The first-order valence-corrected chi connectivity index (χ1v) is 11.4. The summed E-state index contributed by atoms with van der Waals surface area (Å²) in [7, 11) is 3.67. The van der Waals surface area contributed by atoms with E-state index < -0.39 is 0 Å². The third-order valence-electron chi connectivity index (χ3n) is 5.44. The van der Waals surface area contributed by atoms with E-state index in [2.05, 4.69) is 33.6 Å². The predicted octanol–water partition coefficient (Wildman–Crippen LogP) is 3.52. The number of aliphatic imine (C=N–C) groups is 1. The van der Waals surface area contributed by atoms with Gasteiger partial charge in [-0.1, -0.05) is 30.0 Å². The number of likely N-dealkylation sites (N-methyl/N-ethyl adjacent to an activating group) is 1. The molecule has 0 saturated carbocycles. The van der Waals surface area contributed by atoms with Gasteiger partial charge in [0.25, 0.3) is 5.91 Å². The summed E-state index contributed by atoms with van der Waals surface area (Å²) in [5.74, 6) is 0.875. The quantitative estimate of drug-likeness (QED) is 0.499. The molecule has 168 valence electrons. The monoisotopic (exact) mass is 460 g/mol. The van der Waals surface area contributed by atoms with E-state index >= 15 is 0 Å². The van der Waals surface area contributed by atoms with Crippen molar-refractivity contribution in [1.29, 1.82) is 5.26 Å². The third kappa shape index (κ3) is 5.47. The van der Waals surface area contributed by atoms with Crippen LogP contribution < -0.4 is 9.47 Å². The normalized spacial score (nSPS) is 16.2. The molecule has 0 bridgehead atoms. The van der Waals surface area contributed by atoms with E-state index in [1.807, 2.05) is 36.4 Å². The number of nitriles is 1. The van der Waals surface area contributed by atoms with Crippen LogP contribution in [0.1, 0.15) is 16.7 Å². The Kier molecular flexibility index (Phi) is 7.16.